The summed E-state index contributed by atoms with van der Waals surface area (Å²) in [5, 5.41) is 0. The zero-order chi connectivity index (χ0) is 10.3. The third-order valence-corrected chi connectivity index (χ3v) is 2.82. The van der Waals surface area contributed by atoms with E-state index in [1.165, 1.54) is 0 Å². The Bertz CT molecular complexity index is 410. The summed E-state index contributed by atoms with van der Waals surface area (Å²) in [7, 11) is 0. The van der Waals surface area contributed by atoms with Crippen molar-refractivity contribution >= 4 is 17.2 Å². The van der Waals surface area contributed by atoms with Gasteiger partial charge in [0, 0.05) is 23.4 Å². The predicted molar refractivity (Wildman–Crippen MR) is 57.3 cm³/mol. The van der Waals surface area contributed by atoms with Crippen molar-refractivity contribution in [1.29, 1.82) is 0 Å². The van der Waals surface area contributed by atoms with Gasteiger partial charge in [0.05, 0.1) is 0 Å². The minimum absolute atomic E-state index is 0.135. The maximum Gasteiger partial charge on any atom is 0.165 e. The number of carbonyl (C=O) groups is 1. The van der Waals surface area contributed by atoms with Gasteiger partial charge in [-0.2, -0.15) is 0 Å². The lowest BCUT2D eigenvalue weighted by atomic mass is 9.87. The van der Waals surface area contributed by atoms with E-state index >= 15 is 0 Å². The maximum absolute atomic E-state index is 11.6. The fourth-order valence-corrected chi connectivity index (χ4v) is 2.07. The normalized spacial score (nSPS) is 15.4. The molecular formula is C11H14N2O. The summed E-state index contributed by atoms with van der Waals surface area (Å²) in [6, 6.07) is 1.79. The van der Waals surface area contributed by atoms with Crippen molar-refractivity contribution in [3.05, 3.63) is 22.8 Å². The van der Waals surface area contributed by atoms with Gasteiger partial charge in [0.1, 0.15) is 0 Å². The number of nitrogens with two attached hydrogens (primary N) is 2. The average molecular weight is 190 g/mol. The number of benzene rings is 1. The predicted octanol–water partition coefficient (Wildman–Crippen LogP) is 1.68. The molecule has 74 valence electrons. The second-order valence-electron chi connectivity index (χ2n) is 3.83. The van der Waals surface area contributed by atoms with Crippen molar-refractivity contribution in [1.82, 2.24) is 0 Å². The molecule has 0 bridgehead atoms. The van der Waals surface area contributed by atoms with E-state index in [0.29, 0.717) is 17.7 Å². The third-order valence-electron chi connectivity index (χ3n) is 2.82. The van der Waals surface area contributed by atoms with Crippen molar-refractivity contribution in [2.75, 3.05) is 11.5 Å². The van der Waals surface area contributed by atoms with Crippen LogP contribution in [0.2, 0.25) is 0 Å². The number of nitrogen functional groups attached to an aromatic ring is 2. The Morgan fingerprint density at radius 2 is 2.00 bits per heavy atom. The second-order valence-corrected chi connectivity index (χ2v) is 3.83. The lowest BCUT2D eigenvalue weighted by molar-refractivity contribution is 0.0973. The highest BCUT2D eigenvalue weighted by atomic mass is 16.1. The first-order valence-corrected chi connectivity index (χ1v) is 4.82. The van der Waals surface area contributed by atoms with E-state index < -0.39 is 0 Å². The van der Waals surface area contributed by atoms with E-state index in [9.17, 15) is 4.79 Å². The maximum atomic E-state index is 11.6. The van der Waals surface area contributed by atoms with Gasteiger partial charge in [0.25, 0.3) is 0 Å². The van der Waals surface area contributed by atoms with Crippen molar-refractivity contribution < 1.29 is 4.79 Å². The van der Waals surface area contributed by atoms with Crippen LogP contribution in [-0.2, 0) is 6.42 Å². The first kappa shape index (κ1) is 9.06. The van der Waals surface area contributed by atoms with Crippen molar-refractivity contribution in [3.8, 4) is 0 Å². The highest BCUT2D eigenvalue weighted by Gasteiger charge is 2.22. The number of rotatable bonds is 0. The SMILES string of the molecule is Cc1cc(N)c2c(c1N)CCCC2=O. The third kappa shape index (κ3) is 1.16. The van der Waals surface area contributed by atoms with Gasteiger partial charge in [-0.1, -0.05) is 0 Å². The van der Waals surface area contributed by atoms with Gasteiger partial charge in [-0.05, 0) is 37.0 Å². The lowest BCUT2D eigenvalue weighted by Gasteiger charge is -2.20. The van der Waals surface area contributed by atoms with E-state index in [1.807, 2.05) is 6.92 Å². The molecule has 3 heteroatoms. The molecule has 0 fully saturated rings. The number of ketones is 1. The summed E-state index contributed by atoms with van der Waals surface area (Å²) in [6.07, 6.45) is 2.36. The molecule has 0 radical (unpaired) electrons. The number of hydrogen-bond acceptors (Lipinski definition) is 3. The Morgan fingerprint density at radius 1 is 1.29 bits per heavy atom. The van der Waals surface area contributed by atoms with Gasteiger partial charge in [-0.25, -0.2) is 0 Å². The number of Topliss-reactive ketones (excluding diaryl/α,β-unsaturated/α-hetero) is 1. The molecule has 4 N–H and O–H groups in total. The molecule has 0 atom stereocenters. The van der Waals surface area contributed by atoms with Crippen molar-refractivity contribution in [2.45, 2.75) is 26.2 Å². The minimum atomic E-state index is 0.135. The van der Waals surface area contributed by atoms with Gasteiger partial charge in [0.15, 0.2) is 5.78 Å². The van der Waals surface area contributed by atoms with Crippen LogP contribution in [0.4, 0.5) is 11.4 Å². The van der Waals surface area contributed by atoms with Gasteiger partial charge >= 0.3 is 0 Å². The fraction of sp³-hybridized carbons (Fsp3) is 0.364. The Balaban J connectivity index is 2.72. The molecular weight excluding hydrogens is 176 g/mol. The summed E-state index contributed by atoms with van der Waals surface area (Å²) < 4.78 is 0. The zero-order valence-corrected chi connectivity index (χ0v) is 8.26. The average Bonchev–Trinajstić information content (AvgIpc) is 2.14. The van der Waals surface area contributed by atoms with E-state index in [0.717, 1.165) is 29.7 Å². The summed E-state index contributed by atoms with van der Waals surface area (Å²) >= 11 is 0. The topological polar surface area (TPSA) is 69.1 Å². The summed E-state index contributed by atoms with van der Waals surface area (Å²) in [4.78, 5) is 11.6. The number of anilines is 2. The van der Waals surface area contributed by atoms with Crippen LogP contribution in [0.25, 0.3) is 0 Å². The van der Waals surface area contributed by atoms with Crippen LogP contribution in [0.5, 0.6) is 0 Å². The summed E-state index contributed by atoms with van der Waals surface area (Å²) in [6.45, 7) is 1.92. The highest BCUT2D eigenvalue weighted by Crippen LogP contribution is 2.32. The van der Waals surface area contributed by atoms with Crippen LogP contribution < -0.4 is 11.5 Å². The minimum Gasteiger partial charge on any atom is -0.398 e. The Morgan fingerprint density at radius 3 is 2.71 bits per heavy atom. The van der Waals surface area contributed by atoms with Crippen LogP contribution in [0.15, 0.2) is 6.07 Å². The van der Waals surface area contributed by atoms with Gasteiger partial charge in [0.2, 0.25) is 0 Å². The fourth-order valence-electron chi connectivity index (χ4n) is 2.07. The Hall–Kier alpha value is -1.51. The summed E-state index contributed by atoms with van der Waals surface area (Å²) in [5.74, 6) is 0.135. The van der Waals surface area contributed by atoms with Crippen LogP contribution >= 0.6 is 0 Å². The zero-order valence-electron chi connectivity index (χ0n) is 8.26. The van der Waals surface area contributed by atoms with Crippen LogP contribution in [-0.4, -0.2) is 5.78 Å². The molecule has 0 aromatic heterocycles. The van der Waals surface area contributed by atoms with Crippen LogP contribution in [0.3, 0.4) is 0 Å². The molecule has 1 aromatic carbocycles. The first-order valence-electron chi connectivity index (χ1n) is 4.82. The van der Waals surface area contributed by atoms with E-state index in [1.54, 1.807) is 6.07 Å². The number of hydrogen-bond donors (Lipinski definition) is 2. The van der Waals surface area contributed by atoms with Crippen LogP contribution in [0, 0.1) is 6.92 Å². The van der Waals surface area contributed by atoms with E-state index in [-0.39, 0.29) is 5.78 Å². The van der Waals surface area contributed by atoms with Crippen LogP contribution in [0.1, 0.15) is 34.3 Å². The van der Waals surface area contributed by atoms with Crippen molar-refractivity contribution in [3.63, 3.8) is 0 Å². The molecule has 0 amide bonds. The summed E-state index contributed by atoms with van der Waals surface area (Å²) in [5.41, 5.74) is 15.7. The molecule has 3 nitrogen and oxygen atoms in total. The standard InChI is InChI=1S/C11H14N2O/c1-6-5-8(12)10-7(11(6)13)3-2-4-9(10)14/h5H,2-4,12-13H2,1H3. The Kier molecular flexibility index (Phi) is 1.95. The molecule has 1 aliphatic carbocycles. The monoisotopic (exact) mass is 190 g/mol. The quantitative estimate of drug-likeness (QED) is 0.611. The Labute approximate surface area is 83.1 Å². The van der Waals surface area contributed by atoms with Crippen molar-refractivity contribution in [2.24, 2.45) is 0 Å². The first-order chi connectivity index (χ1) is 6.61. The lowest BCUT2D eigenvalue weighted by Crippen LogP contribution is -2.16. The molecule has 0 spiro atoms. The molecule has 1 aliphatic rings. The van der Waals surface area contributed by atoms with E-state index in [2.05, 4.69) is 0 Å². The molecule has 0 saturated carbocycles. The van der Waals surface area contributed by atoms with Gasteiger partial charge < -0.3 is 11.5 Å². The molecule has 0 unspecified atom stereocenters. The molecule has 14 heavy (non-hydrogen) atoms. The molecule has 0 saturated heterocycles. The second kappa shape index (κ2) is 3.01. The number of carbonyl (C=O) groups excluding carboxylic acids is 1. The highest BCUT2D eigenvalue weighted by molar-refractivity contribution is 6.04. The number of fused-ring (bicyclic) bond motifs is 1. The van der Waals surface area contributed by atoms with Gasteiger partial charge in [-0.15, -0.1) is 0 Å². The molecule has 2 rings (SSSR count). The largest absolute Gasteiger partial charge is 0.398 e. The molecule has 0 aliphatic heterocycles. The molecule has 1 aromatic rings. The van der Waals surface area contributed by atoms with E-state index in [4.69, 9.17) is 11.5 Å². The molecule has 0 heterocycles. The smallest absolute Gasteiger partial charge is 0.165 e. The number of aryl methyl sites for hydroxylation is 1. The van der Waals surface area contributed by atoms with Gasteiger partial charge in [-0.3, -0.25) is 4.79 Å².